The van der Waals surface area contributed by atoms with E-state index < -0.39 is 5.41 Å². The number of hydrogen-bond acceptors (Lipinski definition) is 3. The molecule has 0 aromatic heterocycles. The molecule has 1 aromatic rings. The molecule has 0 radical (unpaired) electrons. The molecule has 0 saturated carbocycles. The second kappa shape index (κ2) is 6.24. The Kier molecular flexibility index (Phi) is 4.79. The van der Waals surface area contributed by atoms with Crippen LogP contribution >= 0.6 is 11.6 Å². The number of amides is 1. The molecule has 1 heterocycles. The number of nitrogens with one attached hydrogen (secondary N) is 1. The largest absolute Gasteiger partial charge is 0.370 e. The van der Waals surface area contributed by atoms with Crippen LogP contribution in [-0.2, 0) is 11.3 Å². The van der Waals surface area contributed by atoms with Gasteiger partial charge in [0.1, 0.15) is 0 Å². The van der Waals surface area contributed by atoms with Crippen LogP contribution in [0.4, 0.5) is 5.69 Å². The third-order valence-electron chi connectivity index (χ3n) is 4.16. The van der Waals surface area contributed by atoms with Gasteiger partial charge in [-0.05, 0) is 31.0 Å². The molecule has 4 nitrogen and oxygen atoms in total. The summed E-state index contributed by atoms with van der Waals surface area (Å²) in [5, 5.41) is 4.14. The SMILES string of the molecule is CC(C)NCc1ccc(Cl)cc1N1CCC(C)(C(N)=O)C1. The molecular weight excluding hydrogens is 286 g/mol. The van der Waals surface area contributed by atoms with Gasteiger partial charge in [-0.1, -0.05) is 31.5 Å². The molecule has 21 heavy (non-hydrogen) atoms. The number of carbonyl (C=O) groups is 1. The highest BCUT2D eigenvalue weighted by molar-refractivity contribution is 6.30. The Morgan fingerprint density at radius 3 is 2.81 bits per heavy atom. The number of nitrogens with zero attached hydrogens (tertiary/aromatic N) is 1. The monoisotopic (exact) mass is 309 g/mol. The number of benzene rings is 1. The van der Waals surface area contributed by atoms with Crippen molar-refractivity contribution >= 4 is 23.2 Å². The van der Waals surface area contributed by atoms with Gasteiger partial charge in [0.25, 0.3) is 0 Å². The summed E-state index contributed by atoms with van der Waals surface area (Å²) >= 11 is 6.15. The minimum absolute atomic E-state index is 0.228. The number of hydrogen-bond donors (Lipinski definition) is 2. The third-order valence-corrected chi connectivity index (χ3v) is 4.39. The van der Waals surface area contributed by atoms with Crippen LogP contribution in [0.2, 0.25) is 5.02 Å². The minimum Gasteiger partial charge on any atom is -0.370 e. The van der Waals surface area contributed by atoms with Gasteiger partial charge in [-0.25, -0.2) is 0 Å². The molecule has 1 unspecified atom stereocenters. The molecule has 1 aliphatic heterocycles. The Labute approximate surface area is 131 Å². The van der Waals surface area contributed by atoms with Gasteiger partial charge in [0.2, 0.25) is 5.91 Å². The van der Waals surface area contributed by atoms with Crippen LogP contribution in [0, 0.1) is 5.41 Å². The topological polar surface area (TPSA) is 58.4 Å². The first kappa shape index (κ1) is 16.1. The van der Waals surface area contributed by atoms with Crippen LogP contribution in [0.1, 0.15) is 32.8 Å². The Morgan fingerprint density at radius 2 is 2.24 bits per heavy atom. The minimum atomic E-state index is -0.453. The van der Waals surface area contributed by atoms with Crippen molar-refractivity contribution in [3.63, 3.8) is 0 Å². The molecule has 1 aromatic carbocycles. The molecule has 2 rings (SSSR count). The van der Waals surface area contributed by atoms with E-state index in [0.29, 0.717) is 17.6 Å². The molecule has 0 aliphatic carbocycles. The van der Waals surface area contributed by atoms with Crippen molar-refractivity contribution in [3.05, 3.63) is 28.8 Å². The van der Waals surface area contributed by atoms with Crippen molar-refractivity contribution in [1.82, 2.24) is 5.32 Å². The highest BCUT2D eigenvalue weighted by Gasteiger charge is 2.39. The molecule has 1 fully saturated rings. The zero-order valence-electron chi connectivity index (χ0n) is 12.9. The molecule has 1 amide bonds. The van der Waals surface area contributed by atoms with Gasteiger partial charge in [0.05, 0.1) is 5.41 Å². The van der Waals surface area contributed by atoms with Crippen molar-refractivity contribution in [1.29, 1.82) is 0 Å². The van der Waals surface area contributed by atoms with Crippen LogP contribution in [0.25, 0.3) is 0 Å². The average Bonchev–Trinajstić information content (AvgIpc) is 2.81. The van der Waals surface area contributed by atoms with Gasteiger partial charge in [-0.2, -0.15) is 0 Å². The maximum Gasteiger partial charge on any atom is 0.225 e. The first-order chi connectivity index (χ1) is 9.82. The van der Waals surface area contributed by atoms with E-state index in [0.717, 1.165) is 25.2 Å². The van der Waals surface area contributed by atoms with Crippen LogP contribution in [0.3, 0.4) is 0 Å². The van der Waals surface area contributed by atoms with Crippen molar-refractivity contribution in [2.75, 3.05) is 18.0 Å². The normalized spacial score (nSPS) is 22.0. The smallest absolute Gasteiger partial charge is 0.225 e. The predicted octanol–water partition coefficient (Wildman–Crippen LogP) is 2.54. The maximum absolute atomic E-state index is 11.6. The second-order valence-electron chi connectivity index (χ2n) is 6.41. The summed E-state index contributed by atoms with van der Waals surface area (Å²) in [6.07, 6.45) is 0.784. The first-order valence-corrected chi connectivity index (χ1v) is 7.76. The summed E-state index contributed by atoms with van der Waals surface area (Å²) in [6.45, 7) is 8.44. The van der Waals surface area contributed by atoms with E-state index in [-0.39, 0.29) is 5.91 Å². The Hall–Kier alpha value is -1.26. The molecule has 1 aliphatic rings. The van der Waals surface area contributed by atoms with Crippen molar-refractivity contribution < 1.29 is 4.79 Å². The highest BCUT2D eigenvalue weighted by atomic mass is 35.5. The molecule has 1 atom stereocenters. The van der Waals surface area contributed by atoms with Crippen LogP contribution in [-0.4, -0.2) is 25.0 Å². The fourth-order valence-electron chi connectivity index (χ4n) is 2.66. The zero-order chi connectivity index (χ0) is 15.6. The van der Waals surface area contributed by atoms with E-state index in [9.17, 15) is 4.79 Å². The number of rotatable bonds is 5. The molecule has 5 heteroatoms. The van der Waals surface area contributed by atoms with E-state index >= 15 is 0 Å². The van der Waals surface area contributed by atoms with E-state index in [1.807, 2.05) is 25.1 Å². The quantitative estimate of drug-likeness (QED) is 0.879. The lowest BCUT2D eigenvalue weighted by molar-refractivity contribution is -0.125. The molecule has 0 bridgehead atoms. The van der Waals surface area contributed by atoms with Crippen molar-refractivity contribution in [3.8, 4) is 0 Å². The van der Waals surface area contributed by atoms with Crippen LogP contribution in [0.15, 0.2) is 18.2 Å². The molecule has 1 saturated heterocycles. The number of anilines is 1. The summed E-state index contributed by atoms with van der Waals surface area (Å²) in [5.41, 5.74) is 7.38. The van der Waals surface area contributed by atoms with E-state index in [1.165, 1.54) is 5.56 Å². The Balaban J connectivity index is 2.23. The van der Waals surface area contributed by atoms with Gasteiger partial charge in [-0.3, -0.25) is 4.79 Å². The van der Waals surface area contributed by atoms with Crippen LogP contribution < -0.4 is 16.0 Å². The highest BCUT2D eigenvalue weighted by Crippen LogP contribution is 2.35. The third kappa shape index (κ3) is 3.69. The van der Waals surface area contributed by atoms with Gasteiger partial charge >= 0.3 is 0 Å². The molecule has 116 valence electrons. The summed E-state index contributed by atoms with van der Waals surface area (Å²) < 4.78 is 0. The number of nitrogens with two attached hydrogens (primary N) is 1. The predicted molar refractivity (Wildman–Crippen MR) is 87.6 cm³/mol. The fraction of sp³-hybridized carbons (Fsp3) is 0.562. The van der Waals surface area contributed by atoms with E-state index in [1.54, 1.807) is 0 Å². The first-order valence-electron chi connectivity index (χ1n) is 7.38. The van der Waals surface area contributed by atoms with Crippen molar-refractivity contribution in [2.24, 2.45) is 11.1 Å². The van der Waals surface area contributed by atoms with Gasteiger partial charge in [0, 0.05) is 36.4 Å². The number of primary amides is 1. The van der Waals surface area contributed by atoms with Gasteiger partial charge in [0.15, 0.2) is 0 Å². The molecule has 0 spiro atoms. The molecule has 3 N–H and O–H groups in total. The number of halogens is 1. The second-order valence-corrected chi connectivity index (χ2v) is 6.84. The lowest BCUT2D eigenvalue weighted by atomic mass is 9.89. The Bertz CT molecular complexity index is 532. The Morgan fingerprint density at radius 1 is 1.52 bits per heavy atom. The fourth-order valence-corrected chi connectivity index (χ4v) is 2.83. The number of carbonyl (C=O) groups excluding carboxylic acids is 1. The maximum atomic E-state index is 11.6. The summed E-state index contributed by atoms with van der Waals surface area (Å²) in [7, 11) is 0. The molecular formula is C16H24ClN3O. The zero-order valence-corrected chi connectivity index (χ0v) is 13.7. The van der Waals surface area contributed by atoms with E-state index in [4.69, 9.17) is 17.3 Å². The van der Waals surface area contributed by atoms with Crippen molar-refractivity contribution in [2.45, 2.75) is 39.8 Å². The van der Waals surface area contributed by atoms with Gasteiger partial charge in [-0.15, -0.1) is 0 Å². The van der Waals surface area contributed by atoms with Gasteiger partial charge < -0.3 is 16.0 Å². The summed E-state index contributed by atoms with van der Waals surface area (Å²) in [6, 6.07) is 6.35. The summed E-state index contributed by atoms with van der Waals surface area (Å²) in [4.78, 5) is 13.8. The average molecular weight is 310 g/mol. The van der Waals surface area contributed by atoms with Crippen LogP contribution in [0.5, 0.6) is 0 Å². The standard InChI is InChI=1S/C16H24ClN3O/c1-11(2)19-9-12-4-5-13(17)8-14(12)20-7-6-16(3,10-20)15(18)21/h4-5,8,11,19H,6-7,9-10H2,1-3H3,(H2,18,21). The lowest BCUT2D eigenvalue weighted by Crippen LogP contribution is -2.37. The van der Waals surface area contributed by atoms with E-state index in [2.05, 4.69) is 24.1 Å². The summed E-state index contributed by atoms with van der Waals surface area (Å²) in [5.74, 6) is -0.228. The lowest BCUT2D eigenvalue weighted by Gasteiger charge is -2.25.